The fourth-order valence-corrected chi connectivity index (χ4v) is 4.14. The molecular weight excluding hydrogens is 343 g/mol. The van der Waals surface area contributed by atoms with Gasteiger partial charge in [-0.05, 0) is 45.0 Å². The first-order valence-corrected chi connectivity index (χ1v) is 8.71. The molecule has 0 saturated heterocycles. The number of aryl methyl sites for hydroxylation is 1. The largest absolute Gasteiger partial charge is 0.465 e. The first-order valence-electron chi connectivity index (χ1n) is 7.27. The van der Waals surface area contributed by atoms with Gasteiger partial charge in [-0.2, -0.15) is 17.5 Å². The molecule has 0 saturated carbocycles. The molecule has 1 heterocycles. The molecule has 8 heteroatoms. The Balaban J connectivity index is 2.50. The van der Waals surface area contributed by atoms with Crippen LogP contribution in [0.25, 0.3) is 0 Å². The van der Waals surface area contributed by atoms with Crippen LogP contribution in [-0.2, 0) is 22.7 Å². The van der Waals surface area contributed by atoms with Gasteiger partial charge in [0, 0.05) is 6.04 Å². The van der Waals surface area contributed by atoms with Gasteiger partial charge < -0.3 is 4.42 Å². The molecule has 0 aliphatic carbocycles. The lowest BCUT2D eigenvalue weighted by atomic mass is 10.2. The van der Waals surface area contributed by atoms with Crippen LogP contribution in [0.1, 0.15) is 30.9 Å². The quantitative estimate of drug-likeness (QED) is 0.802. The molecule has 1 aromatic carbocycles. The van der Waals surface area contributed by atoms with E-state index in [-0.39, 0.29) is 6.54 Å². The fourth-order valence-electron chi connectivity index (χ4n) is 2.32. The summed E-state index contributed by atoms with van der Waals surface area (Å²) in [6.07, 6.45) is -4.76. The average molecular weight is 361 g/mol. The molecule has 0 bridgehead atoms. The van der Waals surface area contributed by atoms with Crippen molar-refractivity contribution in [3.63, 3.8) is 0 Å². The molecule has 24 heavy (non-hydrogen) atoms. The first kappa shape index (κ1) is 18.5. The molecule has 0 unspecified atom stereocenters. The molecule has 0 amide bonds. The molecule has 2 rings (SSSR count). The number of hydrogen-bond acceptors (Lipinski definition) is 3. The second kappa shape index (κ2) is 6.60. The summed E-state index contributed by atoms with van der Waals surface area (Å²) < 4.78 is 71.5. The van der Waals surface area contributed by atoms with Gasteiger partial charge in [0.15, 0.2) is 0 Å². The molecule has 0 N–H and O–H groups in total. The Bertz CT molecular complexity index is 810. The second-order valence-corrected chi connectivity index (χ2v) is 7.51. The maximum absolute atomic E-state index is 13.2. The molecule has 0 fully saturated rings. The van der Waals surface area contributed by atoms with Crippen molar-refractivity contribution >= 4 is 10.0 Å². The summed E-state index contributed by atoms with van der Waals surface area (Å²) in [7, 11) is -4.35. The zero-order chi connectivity index (χ0) is 18.1. The minimum atomic E-state index is -4.76. The molecule has 2 aromatic rings. The molecular formula is C16H18F3NO3S. The average Bonchev–Trinajstić information content (AvgIpc) is 2.89. The van der Waals surface area contributed by atoms with Crippen molar-refractivity contribution in [1.82, 2.24) is 4.31 Å². The number of hydrogen-bond donors (Lipinski definition) is 0. The van der Waals surface area contributed by atoms with E-state index in [0.29, 0.717) is 11.5 Å². The van der Waals surface area contributed by atoms with Crippen LogP contribution >= 0.6 is 0 Å². The summed E-state index contributed by atoms with van der Waals surface area (Å²) in [5.74, 6) is 0.969. The number of nitrogens with zero attached hydrogens (tertiary/aromatic N) is 1. The number of benzene rings is 1. The van der Waals surface area contributed by atoms with Crippen molar-refractivity contribution in [3.05, 3.63) is 53.5 Å². The van der Waals surface area contributed by atoms with Crippen molar-refractivity contribution in [2.45, 2.75) is 44.4 Å². The summed E-state index contributed by atoms with van der Waals surface area (Å²) >= 11 is 0. The van der Waals surface area contributed by atoms with Gasteiger partial charge in [-0.1, -0.05) is 12.1 Å². The molecule has 4 nitrogen and oxygen atoms in total. The van der Waals surface area contributed by atoms with Gasteiger partial charge in [-0.25, -0.2) is 8.42 Å². The molecule has 0 aliphatic rings. The van der Waals surface area contributed by atoms with Crippen LogP contribution in [-0.4, -0.2) is 18.8 Å². The predicted molar refractivity (Wildman–Crippen MR) is 82.8 cm³/mol. The zero-order valence-corrected chi connectivity index (χ0v) is 14.3. The number of sulfonamides is 1. The van der Waals surface area contributed by atoms with Crippen LogP contribution in [0, 0.1) is 6.92 Å². The van der Waals surface area contributed by atoms with Gasteiger partial charge in [0.1, 0.15) is 11.5 Å². The van der Waals surface area contributed by atoms with Crippen molar-refractivity contribution in [2.24, 2.45) is 0 Å². The Morgan fingerprint density at radius 1 is 1.12 bits per heavy atom. The number of alkyl halides is 3. The fraction of sp³-hybridized carbons (Fsp3) is 0.375. The van der Waals surface area contributed by atoms with Crippen LogP contribution in [0.2, 0.25) is 0 Å². The van der Waals surface area contributed by atoms with Gasteiger partial charge in [0.2, 0.25) is 10.0 Å². The van der Waals surface area contributed by atoms with Gasteiger partial charge in [0.25, 0.3) is 0 Å². The highest BCUT2D eigenvalue weighted by Crippen LogP contribution is 2.35. The van der Waals surface area contributed by atoms with E-state index in [4.69, 9.17) is 4.42 Å². The van der Waals surface area contributed by atoms with E-state index in [2.05, 4.69) is 0 Å². The summed E-state index contributed by atoms with van der Waals surface area (Å²) in [4.78, 5) is -0.755. The van der Waals surface area contributed by atoms with Gasteiger partial charge in [0.05, 0.1) is 17.0 Å². The normalized spacial score (nSPS) is 13.0. The topological polar surface area (TPSA) is 50.5 Å². The smallest absolute Gasteiger partial charge is 0.417 e. The van der Waals surface area contributed by atoms with Crippen molar-refractivity contribution in [2.75, 3.05) is 0 Å². The van der Waals surface area contributed by atoms with E-state index in [9.17, 15) is 21.6 Å². The highest BCUT2D eigenvalue weighted by atomic mass is 32.2. The van der Waals surface area contributed by atoms with Crippen LogP contribution < -0.4 is 0 Å². The minimum Gasteiger partial charge on any atom is -0.465 e. The van der Waals surface area contributed by atoms with Gasteiger partial charge >= 0.3 is 6.18 Å². The van der Waals surface area contributed by atoms with E-state index in [1.807, 2.05) is 0 Å². The van der Waals surface area contributed by atoms with Crippen molar-refractivity contribution < 1.29 is 26.0 Å². The molecule has 0 spiro atoms. The Morgan fingerprint density at radius 2 is 1.75 bits per heavy atom. The highest BCUT2D eigenvalue weighted by Gasteiger charge is 2.39. The van der Waals surface area contributed by atoms with Crippen LogP contribution in [0.15, 0.2) is 45.7 Å². The zero-order valence-electron chi connectivity index (χ0n) is 13.5. The lowest BCUT2D eigenvalue weighted by molar-refractivity contribution is -0.139. The second-order valence-electron chi connectivity index (χ2n) is 5.65. The highest BCUT2D eigenvalue weighted by molar-refractivity contribution is 7.89. The SMILES string of the molecule is Cc1ccc(CN(C(C)C)S(=O)(=O)c2ccccc2C(F)(F)F)o1. The summed E-state index contributed by atoms with van der Waals surface area (Å²) in [6.45, 7) is 4.77. The third kappa shape index (κ3) is 3.81. The number of halogens is 3. The van der Waals surface area contributed by atoms with Crippen LogP contribution in [0.3, 0.4) is 0 Å². The lowest BCUT2D eigenvalue weighted by Gasteiger charge is -2.26. The molecule has 0 aliphatic heterocycles. The Morgan fingerprint density at radius 3 is 2.25 bits per heavy atom. The Labute approximate surface area is 138 Å². The summed E-state index contributed by atoms with van der Waals surface area (Å²) in [6, 6.07) is 6.92. The summed E-state index contributed by atoms with van der Waals surface area (Å²) in [5.41, 5.74) is -1.17. The van der Waals surface area contributed by atoms with E-state index >= 15 is 0 Å². The number of furan rings is 1. The Kier molecular flexibility index (Phi) is 5.10. The molecule has 0 radical (unpaired) electrons. The third-order valence-electron chi connectivity index (χ3n) is 3.46. The molecule has 0 atom stereocenters. The summed E-state index contributed by atoms with van der Waals surface area (Å²) in [5, 5.41) is 0. The lowest BCUT2D eigenvalue weighted by Crippen LogP contribution is -2.37. The van der Waals surface area contributed by atoms with E-state index in [1.165, 1.54) is 6.07 Å². The van der Waals surface area contributed by atoms with Gasteiger partial charge in [-0.15, -0.1) is 0 Å². The van der Waals surface area contributed by atoms with E-state index in [1.54, 1.807) is 32.9 Å². The monoisotopic (exact) mass is 361 g/mol. The molecule has 1 aromatic heterocycles. The standard InChI is InChI=1S/C16H18F3NO3S/c1-11(2)20(10-13-9-8-12(3)23-13)24(21,22)15-7-5-4-6-14(15)16(17,18)19/h4-9,11H,10H2,1-3H3. The van der Waals surface area contributed by atoms with E-state index < -0.39 is 32.7 Å². The Hall–Kier alpha value is -1.80. The maximum Gasteiger partial charge on any atom is 0.417 e. The number of rotatable bonds is 5. The predicted octanol–water partition coefficient (Wildman–Crippen LogP) is 4.21. The van der Waals surface area contributed by atoms with Crippen LogP contribution in [0.4, 0.5) is 13.2 Å². The molecule has 132 valence electrons. The van der Waals surface area contributed by atoms with Crippen LogP contribution in [0.5, 0.6) is 0 Å². The van der Waals surface area contributed by atoms with Crippen molar-refractivity contribution in [1.29, 1.82) is 0 Å². The van der Waals surface area contributed by atoms with E-state index in [0.717, 1.165) is 22.5 Å². The van der Waals surface area contributed by atoms with Crippen molar-refractivity contribution in [3.8, 4) is 0 Å². The van der Waals surface area contributed by atoms with Gasteiger partial charge in [-0.3, -0.25) is 0 Å². The third-order valence-corrected chi connectivity index (χ3v) is 5.54. The minimum absolute atomic E-state index is 0.139. The maximum atomic E-state index is 13.2. The first-order chi connectivity index (χ1) is 11.0.